The molecule has 2 unspecified atom stereocenters. The van der Waals surface area contributed by atoms with Gasteiger partial charge in [0.2, 0.25) is 0 Å². The van der Waals surface area contributed by atoms with Crippen molar-refractivity contribution >= 4 is 0 Å². The molecule has 0 amide bonds. The van der Waals surface area contributed by atoms with Gasteiger partial charge in [-0.3, -0.25) is 4.98 Å². The van der Waals surface area contributed by atoms with Gasteiger partial charge in [0.1, 0.15) is 0 Å². The summed E-state index contributed by atoms with van der Waals surface area (Å²) in [5.74, 6) is 1.49. The van der Waals surface area contributed by atoms with Crippen LogP contribution in [-0.4, -0.2) is 10.1 Å². The third-order valence-corrected chi connectivity index (χ3v) is 4.49. The highest BCUT2D eigenvalue weighted by molar-refractivity contribution is 5.20. The second kappa shape index (κ2) is 5.40. The number of nitrogens with zero attached hydrogens (tertiary/aromatic N) is 1. The topological polar surface area (TPSA) is 33.1 Å². The molecule has 0 radical (unpaired) electrons. The van der Waals surface area contributed by atoms with Crippen molar-refractivity contribution in [2.75, 3.05) is 0 Å². The van der Waals surface area contributed by atoms with E-state index >= 15 is 0 Å². The highest BCUT2D eigenvalue weighted by Crippen LogP contribution is 2.39. The first-order chi connectivity index (χ1) is 8.51. The lowest BCUT2D eigenvalue weighted by molar-refractivity contribution is 0.0188. The van der Waals surface area contributed by atoms with E-state index in [0.717, 1.165) is 48.8 Å². The zero-order valence-corrected chi connectivity index (χ0v) is 11.8. The molecule has 0 aromatic carbocycles. The third kappa shape index (κ3) is 2.92. The predicted molar refractivity (Wildman–Crippen MR) is 74.3 cm³/mol. The third-order valence-electron chi connectivity index (χ3n) is 4.49. The summed E-state index contributed by atoms with van der Waals surface area (Å²) < 4.78 is 0. The number of hydrogen-bond acceptors (Lipinski definition) is 2. The normalized spacial score (nSPS) is 29.3. The van der Waals surface area contributed by atoms with Gasteiger partial charge in [-0.05, 0) is 50.5 Å². The molecular weight excluding hydrogens is 222 g/mol. The molecule has 1 fully saturated rings. The van der Waals surface area contributed by atoms with Crippen LogP contribution in [0.3, 0.4) is 0 Å². The summed E-state index contributed by atoms with van der Waals surface area (Å²) in [5, 5.41) is 10.9. The van der Waals surface area contributed by atoms with Crippen molar-refractivity contribution in [2.24, 2.45) is 11.8 Å². The van der Waals surface area contributed by atoms with Gasteiger partial charge in [0.05, 0.1) is 5.60 Å². The SMILES string of the molecule is Cc1ccc(C2(O)CCCC(C(C)C)CC2)cn1. The van der Waals surface area contributed by atoms with E-state index in [4.69, 9.17) is 0 Å². The summed E-state index contributed by atoms with van der Waals surface area (Å²) >= 11 is 0. The smallest absolute Gasteiger partial charge is 0.0911 e. The number of aromatic nitrogens is 1. The second-order valence-electron chi connectivity index (χ2n) is 6.15. The Balaban J connectivity index is 2.14. The highest BCUT2D eigenvalue weighted by atomic mass is 16.3. The number of aliphatic hydroxyl groups is 1. The summed E-state index contributed by atoms with van der Waals surface area (Å²) in [6.07, 6.45) is 7.10. The minimum absolute atomic E-state index is 0.648. The Bertz CT molecular complexity index is 385. The molecule has 2 rings (SSSR count). The van der Waals surface area contributed by atoms with Crippen molar-refractivity contribution in [1.82, 2.24) is 4.98 Å². The van der Waals surface area contributed by atoms with Crippen molar-refractivity contribution in [3.8, 4) is 0 Å². The van der Waals surface area contributed by atoms with Crippen LogP contribution in [0.15, 0.2) is 18.3 Å². The van der Waals surface area contributed by atoms with Crippen LogP contribution < -0.4 is 0 Å². The van der Waals surface area contributed by atoms with Gasteiger partial charge in [0, 0.05) is 17.5 Å². The Morgan fingerprint density at radius 3 is 2.67 bits per heavy atom. The molecule has 0 spiro atoms. The van der Waals surface area contributed by atoms with Crippen LogP contribution >= 0.6 is 0 Å². The quantitative estimate of drug-likeness (QED) is 0.806. The summed E-state index contributed by atoms with van der Waals surface area (Å²) in [7, 11) is 0. The van der Waals surface area contributed by atoms with Crippen molar-refractivity contribution in [2.45, 2.75) is 58.5 Å². The Morgan fingerprint density at radius 1 is 1.28 bits per heavy atom. The van der Waals surface area contributed by atoms with Crippen LogP contribution in [0.1, 0.15) is 57.2 Å². The van der Waals surface area contributed by atoms with Gasteiger partial charge >= 0.3 is 0 Å². The molecule has 18 heavy (non-hydrogen) atoms. The minimum atomic E-state index is -0.648. The molecule has 1 aliphatic carbocycles. The van der Waals surface area contributed by atoms with Crippen LogP contribution in [0, 0.1) is 18.8 Å². The first-order valence-corrected chi connectivity index (χ1v) is 7.17. The fourth-order valence-electron chi connectivity index (χ4n) is 3.05. The molecule has 2 nitrogen and oxygen atoms in total. The number of rotatable bonds is 2. The van der Waals surface area contributed by atoms with E-state index in [-0.39, 0.29) is 0 Å². The zero-order chi connectivity index (χ0) is 13.2. The lowest BCUT2D eigenvalue weighted by Gasteiger charge is -2.27. The molecule has 1 aromatic heterocycles. The molecule has 0 aliphatic heterocycles. The highest BCUT2D eigenvalue weighted by Gasteiger charge is 2.33. The van der Waals surface area contributed by atoms with Crippen LogP contribution in [0.2, 0.25) is 0 Å². The molecule has 0 bridgehead atoms. The largest absolute Gasteiger partial charge is 0.385 e. The van der Waals surface area contributed by atoms with Crippen LogP contribution in [-0.2, 0) is 5.60 Å². The van der Waals surface area contributed by atoms with Crippen LogP contribution in [0.4, 0.5) is 0 Å². The van der Waals surface area contributed by atoms with Crippen molar-refractivity contribution < 1.29 is 5.11 Å². The zero-order valence-electron chi connectivity index (χ0n) is 11.8. The van der Waals surface area contributed by atoms with Crippen LogP contribution in [0.25, 0.3) is 0 Å². The summed E-state index contributed by atoms with van der Waals surface area (Å²) in [5.41, 5.74) is 1.36. The van der Waals surface area contributed by atoms with E-state index in [1.807, 2.05) is 25.3 Å². The Labute approximate surface area is 110 Å². The van der Waals surface area contributed by atoms with E-state index in [9.17, 15) is 5.11 Å². The van der Waals surface area contributed by atoms with Gasteiger partial charge in [0.25, 0.3) is 0 Å². The molecule has 1 aromatic rings. The number of pyridine rings is 1. The van der Waals surface area contributed by atoms with E-state index < -0.39 is 5.60 Å². The van der Waals surface area contributed by atoms with Gasteiger partial charge in [0.15, 0.2) is 0 Å². The second-order valence-corrected chi connectivity index (χ2v) is 6.15. The molecule has 1 heterocycles. The van der Waals surface area contributed by atoms with E-state index in [0.29, 0.717) is 0 Å². The molecule has 1 aliphatic rings. The number of hydrogen-bond donors (Lipinski definition) is 1. The molecule has 2 heteroatoms. The maximum atomic E-state index is 10.9. The Hall–Kier alpha value is -0.890. The first kappa shape index (κ1) is 13.5. The molecule has 1 saturated carbocycles. The van der Waals surface area contributed by atoms with Gasteiger partial charge in [-0.15, -0.1) is 0 Å². The lowest BCUT2D eigenvalue weighted by Crippen LogP contribution is -2.25. The Kier molecular flexibility index (Phi) is 4.06. The maximum Gasteiger partial charge on any atom is 0.0911 e. The van der Waals surface area contributed by atoms with E-state index in [1.54, 1.807) is 0 Å². The van der Waals surface area contributed by atoms with Gasteiger partial charge in [-0.1, -0.05) is 26.3 Å². The van der Waals surface area contributed by atoms with Gasteiger partial charge in [-0.2, -0.15) is 0 Å². The van der Waals surface area contributed by atoms with Gasteiger partial charge in [-0.25, -0.2) is 0 Å². The molecule has 2 atom stereocenters. The van der Waals surface area contributed by atoms with Crippen LogP contribution in [0.5, 0.6) is 0 Å². The molecule has 0 saturated heterocycles. The standard InChI is InChI=1S/C16H25NO/c1-12(2)14-5-4-9-16(18,10-8-14)15-7-6-13(3)17-11-15/h6-7,11-12,14,18H,4-5,8-10H2,1-3H3. The minimum Gasteiger partial charge on any atom is -0.385 e. The van der Waals surface area contributed by atoms with Crippen molar-refractivity contribution in [3.63, 3.8) is 0 Å². The van der Waals surface area contributed by atoms with Crippen molar-refractivity contribution in [3.05, 3.63) is 29.6 Å². The number of aryl methyl sites for hydroxylation is 1. The molecule has 1 N–H and O–H groups in total. The summed E-state index contributed by atoms with van der Waals surface area (Å²) in [6.45, 7) is 6.57. The Morgan fingerprint density at radius 2 is 2.06 bits per heavy atom. The molecule has 100 valence electrons. The predicted octanol–water partition coefficient (Wildman–Crippen LogP) is 3.81. The summed E-state index contributed by atoms with van der Waals surface area (Å²) in [4.78, 5) is 4.32. The monoisotopic (exact) mass is 247 g/mol. The molecular formula is C16H25NO. The van der Waals surface area contributed by atoms with Gasteiger partial charge < -0.3 is 5.11 Å². The fourth-order valence-corrected chi connectivity index (χ4v) is 3.05. The lowest BCUT2D eigenvalue weighted by atomic mass is 9.85. The summed E-state index contributed by atoms with van der Waals surface area (Å²) in [6, 6.07) is 4.04. The van der Waals surface area contributed by atoms with E-state index in [2.05, 4.69) is 18.8 Å². The fraction of sp³-hybridized carbons (Fsp3) is 0.688. The van der Waals surface area contributed by atoms with Crippen molar-refractivity contribution in [1.29, 1.82) is 0 Å². The average Bonchev–Trinajstić information content (AvgIpc) is 2.53. The first-order valence-electron chi connectivity index (χ1n) is 7.17. The van der Waals surface area contributed by atoms with E-state index in [1.165, 1.54) is 6.42 Å². The average molecular weight is 247 g/mol. The maximum absolute atomic E-state index is 10.9.